The molecule has 0 saturated carbocycles. The normalized spacial score (nSPS) is 11.3. The number of carbonyl (C=O) groups excluding carboxylic acids is 3. The van der Waals surface area contributed by atoms with Gasteiger partial charge in [-0.1, -0.05) is 40.9 Å². The topological polar surface area (TPSA) is 96.5 Å². The number of carbonyl (C=O) groups is 3. The maximum absolute atomic E-state index is 12.0. The summed E-state index contributed by atoms with van der Waals surface area (Å²) in [7, 11) is 0. The molecule has 2 aromatic carbocycles. The third kappa shape index (κ3) is 6.16. The number of halogens is 2. The van der Waals surface area contributed by atoms with Crippen LogP contribution >= 0.6 is 23.2 Å². The molecule has 2 aromatic rings. The van der Waals surface area contributed by atoms with Crippen LogP contribution in [-0.4, -0.2) is 23.8 Å². The third-order valence-corrected chi connectivity index (χ3v) is 3.91. The van der Waals surface area contributed by atoms with E-state index in [1.807, 2.05) is 12.3 Å². The summed E-state index contributed by atoms with van der Waals surface area (Å²) in [5, 5.41) is 3.08. The van der Waals surface area contributed by atoms with Gasteiger partial charge in [0.25, 0.3) is 5.91 Å². The largest absolute Gasteiger partial charge is 0.479 e. The Morgan fingerprint density at radius 3 is 2.26 bits per heavy atom. The van der Waals surface area contributed by atoms with Crippen molar-refractivity contribution >= 4 is 46.6 Å². The highest BCUT2D eigenvalue weighted by Crippen LogP contribution is 2.28. The van der Waals surface area contributed by atoms with Crippen LogP contribution in [0.5, 0.6) is 5.75 Å². The summed E-state index contributed by atoms with van der Waals surface area (Å²) < 4.78 is 5.41. The maximum atomic E-state index is 12.0. The molecule has 0 aliphatic rings. The Morgan fingerprint density at radius 1 is 0.963 bits per heavy atom. The van der Waals surface area contributed by atoms with Crippen molar-refractivity contribution in [3.8, 4) is 5.75 Å². The first-order valence-corrected chi connectivity index (χ1v) is 8.61. The van der Waals surface area contributed by atoms with Crippen LogP contribution in [0.15, 0.2) is 42.5 Å². The Morgan fingerprint density at radius 2 is 1.63 bits per heavy atom. The number of hydrogen-bond donors (Lipinski definition) is 3. The van der Waals surface area contributed by atoms with Crippen LogP contribution in [0, 0.1) is 6.92 Å². The lowest BCUT2D eigenvalue weighted by Crippen LogP contribution is -2.50. The van der Waals surface area contributed by atoms with E-state index in [0.29, 0.717) is 10.7 Å². The second kappa shape index (κ2) is 9.25. The van der Waals surface area contributed by atoms with Gasteiger partial charge in [-0.3, -0.25) is 25.2 Å². The van der Waals surface area contributed by atoms with Crippen LogP contribution in [0.25, 0.3) is 0 Å². The van der Waals surface area contributed by atoms with Crippen LogP contribution < -0.4 is 20.9 Å². The Kier molecular flexibility index (Phi) is 7.04. The van der Waals surface area contributed by atoms with Crippen LogP contribution in [0.1, 0.15) is 12.5 Å². The molecule has 27 heavy (non-hydrogen) atoms. The molecule has 0 aromatic heterocycles. The van der Waals surface area contributed by atoms with Gasteiger partial charge in [0, 0.05) is 10.7 Å². The van der Waals surface area contributed by atoms with Crippen molar-refractivity contribution in [3.63, 3.8) is 0 Å². The minimum absolute atomic E-state index is 0.240. The van der Waals surface area contributed by atoms with E-state index in [-0.39, 0.29) is 10.8 Å². The van der Waals surface area contributed by atoms with Crippen molar-refractivity contribution in [2.75, 3.05) is 5.32 Å². The Bertz CT molecular complexity index is 856. The monoisotopic (exact) mass is 409 g/mol. The molecule has 0 fully saturated rings. The molecular formula is C18H17Cl2N3O4. The molecule has 7 nitrogen and oxygen atoms in total. The fourth-order valence-electron chi connectivity index (χ4n) is 1.92. The van der Waals surface area contributed by atoms with Crippen molar-refractivity contribution in [2.45, 2.75) is 20.0 Å². The molecule has 0 aliphatic heterocycles. The van der Waals surface area contributed by atoms with E-state index in [1.54, 1.807) is 30.3 Å². The fourth-order valence-corrected chi connectivity index (χ4v) is 2.37. The molecule has 3 N–H and O–H groups in total. The number of hydrogen-bond acceptors (Lipinski definition) is 4. The predicted molar refractivity (Wildman–Crippen MR) is 103 cm³/mol. The minimum Gasteiger partial charge on any atom is -0.479 e. The smallest absolute Gasteiger partial charge is 0.328 e. The minimum atomic E-state index is -1.03. The summed E-state index contributed by atoms with van der Waals surface area (Å²) >= 11 is 11.8. The Balaban J connectivity index is 1.83. The molecular weight excluding hydrogens is 393 g/mol. The van der Waals surface area contributed by atoms with E-state index in [4.69, 9.17) is 27.9 Å². The lowest BCUT2D eigenvalue weighted by atomic mass is 10.2. The van der Waals surface area contributed by atoms with Crippen LogP contribution in [0.4, 0.5) is 5.69 Å². The second-order valence-electron chi connectivity index (χ2n) is 5.60. The van der Waals surface area contributed by atoms with Gasteiger partial charge in [0.1, 0.15) is 5.75 Å². The summed E-state index contributed by atoms with van der Waals surface area (Å²) in [6.45, 7) is 3.35. The first kappa shape index (κ1) is 20.5. The molecule has 0 heterocycles. The van der Waals surface area contributed by atoms with Gasteiger partial charge in [0.15, 0.2) is 6.10 Å². The lowest BCUT2D eigenvalue weighted by Gasteiger charge is -2.16. The number of rotatable bonds is 4. The van der Waals surface area contributed by atoms with E-state index in [0.717, 1.165) is 5.56 Å². The Labute approximate surface area is 166 Å². The number of aryl methyl sites for hydroxylation is 1. The highest BCUT2D eigenvalue weighted by molar-refractivity contribution is 6.39. The fraction of sp³-hybridized carbons (Fsp3) is 0.167. The van der Waals surface area contributed by atoms with Crippen LogP contribution in [0.2, 0.25) is 10.0 Å². The first-order valence-electron chi connectivity index (χ1n) is 7.86. The molecule has 0 bridgehead atoms. The zero-order valence-electron chi connectivity index (χ0n) is 14.5. The van der Waals surface area contributed by atoms with Crippen molar-refractivity contribution in [3.05, 3.63) is 58.1 Å². The molecule has 142 valence electrons. The quantitative estimate of drug-likeness (QED) is 0.534. The van der Waals surface area contributed by atoms with Crippen molar-refractivity contribution in [1.82, 2.24) is 10.9 Å². The van der Waals surface area contributed by atoms with Crippen molar-refractivity contribution in [2.24, 2.45) is 0 Å². The van der Waals surface area contributed by atoms with E-state index in [2.05, 4.69) is 10.7 Å². The number of anilines is 1. The number of ether oxygens (including phenoxy) is 1. The van der Waals surface area contributed by atoms with Crippen molar-refractivity contribution < 1.29 is 19.1 Å². The molecule has 0 aliphatic carbocycles. The standard InChI is InChI=1S/C18H17Cl2N3O4/c1-10-3-6-13(7-4-10)21-17(25)18(26)23-22-16(24)11(2)27-15-8-5-12(19)9-14(15)20/h3-9,11H,1-2H3,(H,21,25)(H,22,24)(H,23,26)/t11-/m0/s1. The second-order valence-corrected chi connectivity index (χ2v) is 6.44. The van der Waals surface area contributed by atoms with Gasteiger partial charge in [-0.2, -0.15) is 0 Å². The van der Waals surface area contributed by atoms with Gasteiger partial charge in [0.2, 0.25) is 0 Å². The van der Waals surface area contributed by atoms with Gasteiger partial charge < -0.3 is 10.1 Å². The van der Waals surface area contributed by atoms with Gasteiger partial charge >= 0.3 is 11.8 Å². The number of nitrogens with one attached hydrogen (secondary N) is 3. The summed E-state index contributed by atoms with van der Waals surface area (Å²) in [4.78, 5) is 35.6. The molecule has 2 rings (SSSR count). The number of hydrazine groups is 1. The average Bonchev–Trinajstić information content (AvgIpc) is 2.63. The molecule has 0 unspecified atom stereocenters. The number of amides is 3. The molecule has 1 atom stereocenters. The zero-order valence-corrected chi connectivity index (χ0v) is 16.0. The molecule has 9 heteroatoms. The summed E-state index contributed by atoms with van der Waals surface area (Å²) in [6.07, 6.45) is -0.982. The highest BCUT2D eigenvalue weighted by atomic mass is 35.5. The number of benzene rings is 2. The summed E-state index contributed by atoms with van der Waals surface area (Å²) in [6, 6.07) is 11.4. The molecule has 0 radical (unpaired) electrons. The van der Waals surface area contributed by atoms with Gasteiger partial charge in [-0.05, 0) is 44.2 Å². The van der Waals surface area contributed by atoms with Gasteiger partial charge in [-0.15, -0.1) is 0 Å². The van der Waals surface area contributed by atoms with Gasteiger partial charge in [0.05, 0.1) is 5.02 Å². The highest BCUT2D eigenvalue weighted by Gasteiger charge is 2.19. The van der Waals surface area contributed by atoms with E-state index >= 15 is 0 Å². The van der Waals surface area contributed by atoms with E-state index in [9.17, 15) is 14.4 Å². The maximum Gasteiger partial charge on any atom is 0.328 e. The summed E-state index contributed by atoms with van der Waals surface area (Å²) in [5.41, 5.74) is 5.61. The third-order valence-electron chi connectivity index (χ3n) is 3.38. The lowest BCUT2D eigenvalue weighted by molar-refractivity contribution is -0.139. The SMILES string of the molecule is Cc1ccc(NC(=O)C(=O)NNC(=O)[C@H](C)Oc2ccc(Cl)cc2Cl)cc1. The van der Waals surface area contributed by atoms with E-state index < -0.39 is 23.8 Å². The van der Waals surface area contributed by atoms with Crippen LogP contribution in [-0.2, 0) is 14.4 Å². The average molecular weight is 410 g/mol. The van der Waals surface area contributed by atoms with E-state index in [1.165, 1.54) is 19.1 Å². The molecule has 0 spiro atoms. The predicted octanol–water partition coefficient (Wildman–Crippen LogP) is 2.86. The summed E-state index contributed by atoms with van der Waals surface area (Å²) in [5.74, 6) is -2.36. The zero-order chi connectivity index (χ0) is 20.0. The van der Waals surface area contributed by atoms with Crippen molar-refractivity contribution in [1.29, 1.82) is 0 Å². The molecule has 0 saturated heterocycles. The Hall–Kier alpha value is -2.77. The molecule has 3 amide bonds. The van der Waals surface area contributed by atoms with Crippen LogP contribution in [0.3, 0.4) is 0 Å². The first-order chi connectivity index (χ1) is 12.8. The van der Waals surface area contributed by atoms with Gasteiger partial charge in [-0.25, -0.2) is 0 Å².